The molecule has 0 bridgehead atoms. The van der Waals surface area contributed by atoms with Crippen LogP contribution in [-0.4, -0.2) is 55.5 Å². The Kier molecular flexibility index (Phi) is 29.5. The molecule has 0 aromatic rings. The first kappa shape index (κ1) is 34.5. The van der Waals surface area contributed by atoms with E-state index >= 15 is 0 Å². The molecule has 0 fully saturated rings. The normalized spacial score (nSPS) is 10.8. The summed E-state index contributed by atoms with van der Waals surface area (Å²) in [6.07, 6.45) is 10.3. The largest absolute Gasteiger partial charge is 0.741 e. The van der Waals surface area contributed by atoms with Crippen LogP contribution < -0.4 is 0 Å². The summed E-state index contributed by atoms with van der Waals surface area (Å²) in [5.41, 5.74) is -5.65. The number of halogens is 3. The van der Waals surface area contributed by atoms with Crippen LogP contribution in [0, 0.1) is 0 Å². The zero-order valence-corrected chi connectivity index (χ0v) is 20.9. The van der Waals surface area contributed by atoms with E-state index in [4.69, 9.17) is 13.0 Å². The monoisotopic (exact) mass is 532 g/mol. The van der Waals surface area contributed by atoms with Crippen LogP contribution in [0.25, 0.3) is 0 Å². The Labute approximate surface area is 172 Å². The van der Waals surface area contributed by atoms with E-state index in [0.29, 0.717) is 15.8 Å². The molecule has 0 radical (unpaired) electrons. The molecule has 0 unspecified atom stereocenters. The fraction of sp³-hybridized carbons (Fsp3) is 0.875. The first-order chi connectivity index (χ1) is 11.9. The molecule has 0 spiro atoms. The molecule has 10 heteroatoms. The van der Waals surface area contributed by atoms with Crippen molar-refractivity contribution in [3.63, 3.8) is 0 Å². The van der Waals surface area contributed by atoms with Gasteiger partial charge in [-0.1, -0.05) is 41.5 Å². The first-order valence-electron chi connectivity index (χ1n) is 8.45. The maximum atomic E-state index is 10.7. The summed E-state index contributed by atoms with van der Waals surface area (Å²) in [5.74, 6) is 0. The van der Waals surface area contributed by atoms with E-state index in [0.717, 1.165) is 4.89 Å². The third-order valence-electron chi connectivity index (χ3n) is 3.06. The van der Waals surface area contributed by atoms with Gasteiger partial charge in [0.25, 0.3) is 0 Å². The summed E-state index contributed by atoms with van der Waals surface area (Å²) in [6, 6.07) is 0. The maximum absolute atomic E-state index is 10.7. The van der Waals surface area contributed by atoms with E-state index in [1.807, 2.05) is 6.08 Å². The smallest absolute Gasteiger partial charge is 0.485 e. The Morgan fingerprint density at radius 3 is 1.04 bits per heavy atom. The van der Waals surface area contributed by atoms with Gasteiger partial charge < -0.3 is 4.55 Å². The van der Waals surface area contributed by atoms with Crippen molar-refractivity contribution in [2.24, 2.45) is 0 Å². The van der Waals surface area contributed by atoms with Crippen molar-refractivity contribution in [3.05, 3.63) is 12.7 Å². The summed E-state index contributed by atoms with van der Waals surface area (Å²) in [4.78, 5) is 0.933. The van der Waals surface area contributed by atoms with Crippen molar-refractivity contribution in [2.75, 3.05) is 37.0 Å². The fourth-order valence-electron chi connectivity index (χ4n) is 1.34. The number of rotatable bonds is 7. The Bertz CT molecular complexity index is 364. The summed E-state index contributed by atoms with van der Waals surface area (Å²) in [7, 11) is -5.20. The van der Waals surface area contributed by atoms with Gasteiger partial charge in [-0.25, -0.2) is 8.42 Å². The van der Waals surface area contributed by atoms with Gasteiger partial charge >= 0.3 is 42.3 Å². The molecule has 0 rings (SSSR count). The van der Waals surface area contributed by atoms with E-state index < -0.39 is 15.6 Å². The predicted molar refractivity (Wildman–Crippen MR) is 108 cm³/mol. The van der Waals surface area contributed by atoms with Gasteiger partial charge in [0, 0.05) is 0 Å². The van der Waals surface area contributed by atoms with E-state index in [1.54, 1.807) is 0 Å². The van der Waals surface area contributed by atoms with E-state index in [-0.39, 0.29) is 0 Å². The molecule has 0 heterocycles. The molecule has 0 aromatic carbocycles. The van der Waals surface area contributed by atoms with E-state index in [1.165, 1.54) is 37.0 Å². The molecular formula is C16H35F3O3P2PdS. The molecule has 164 valence electrons. The Morgan fingerprint density at radius 2 is 1.04 bits per heavy atom. The number of hydrogen-bond donors (Lipinski definition) is 0. The van der Waals surface area contributed by atoms with Crippen LogP contribution in [0.4, 0.5) is 13.2 Å². The van der Waals surface area contributed by atoms with Gasteiger partial charge in [0.05, 0.1) is 0 Å². The quantitative estimate of drug-likeness (QED) is 0.128. The van der Waals surface area contributed by atoms with Crippen LogP contribution >= 0.6 is 15.8 Å². The molecule has 0 N–H and O–H groups in total. The second-order valence-electron chi connectivity index (χ2n) is 4.56. The van der Waals surface area contributed by atoms with Gasteiger partial charge in [0.1, 0.15) is 0 Å². The molecule has 0 amide bonds. The summed E-state index contributed by atoms with van der Waals surface area (Å²) >= 11 is 2.92. The SMILES string of the molecule is C=C[CH2][Pd+].CCP(CC)CC.CCP(CC)CC.O=S(=O)([O-])C(F)(F)F. The molecule has 0 aliphatic carbocycles. The standard InChI is InChI=1S/2C6H15P.C3H5.CHF3O3S.Pd/c2*1-4-7(5-2)6-3;1-3-2;2-1(3,4)8(5,6)7;/h2*4-6H2,1-3H3;3H,1-2H2;(H,5,6,7);/q;;;;+1/p-1. The second-order valence-corrected chi connectivity index (χ2v) is 13.0. The van der Waals surface area contributed by atoms with Gasteiger partial charge in [0.2, 0.25) is 0 Å². The summed E-state index contributed by atoms with van der Waals surface area (Å²) in [5, 5.41) is 0. The van der Waals surface area contributed by atoms with Crippen LogP contribution in [0.3, 0.4) is 0 Å². The first-order valence-corrected chi connectivity index (χ1v) is 14.8. The molecule has 0 aliphatic heterocycles. The van der Waals surface area contributed by atoms with Gasteiger partial charge in [-0.2, -0.15) is 13.2 Å². The summed E-state index contributed by atoms with van der Waals surface area (Å²) < 4.78 is 58.9. The minimum Gasteiger partial charge on any atom is -0.741 e. The number of allylic oxidation sites excluding steroid dienone is 1. The van der Waals surface area contributed by atoms with Gasteiger partial charge in [-0.3, -0.25) is 0 Å². The molecule has 26 heavy (non-hydrogen) atoms. The zero-order chi connectivity index (χ0) is 21.8. The van der Waals surface area contributed by atoms with Crippen LogP contribution in [0.15, 0.2) is 12.7 Å². The van der Waals surface area contributed by atoms with E-state index in [9.17, 15) is 13.2 Å². The van der Waals surface area contributed by atoms with Crippen molar-refractivity contribution >= 4 is 26.0 Å². The average molecular weight is 533 g/mol. The second kappa shape index (κ2) is 22.3. The zero-order valence-electron chi connectivity index (χ0n) is 16.7. The molecule has 0 atom stereocenters. The molecule has 3 nitrogen and oxygen atoms in total. The van der Waals surface area contributed by atoms with Crippen molar-refractivity contribution in [2.45, 2.75) is 51.9 Å². The average Bonchev–Trinajstić information content (AvgIpc) is 2.57. The van der Waals surface area contributed by atoms with Gasteiger partial charge in [-0.15, -0.1) is 15.8 Å². The molecule has 0 saturated carbocycles. The Balaban J connectivity index is -0.000000127. The van der Waals surface area contributed by atoms with Crippen molar-refractivity contribution < 1.29 is 45.3 Å². The fourth-order valence-corrected chi connectivity index (χ4v) is 4.02. The minimum atomic E-state index is -6.09. The third kappa shape index (κ3) is 27.2. The van der Waals surface area contributed by atoms with Crippen LogP contribution in [0.2, 0.25) is 4.89 Å². The Morgan fingerprint density at radius 1 is 0.885 bits per heavy atom. The number of hydrogen-bond acceptors (Lipinski definition) is 3. The molecule has 0 aliphatic rings. The van der Waals surface area contributed by atoms with Crippen LogP contribution in [-0.2, 0) is 29.3 Å². The van der Waals surface area contributed by atoms with Crippen molar-refractivity contribution in [1.82, 2.24) is 0 Å². The van der Waals surface area contributed by atoms with Crippen LogP contribution in [0.5, 0.6) is 0 Å². The van der Waals surface area contributed by atoms with Crippen molar-refractivity contribution in [1.29, 1.82) is 0 Å². The topological polar surface area (TPSA) is 57.2 Å². The van der Waals surface area contributed by atoms with Crippen molar-refractivity contribution in [3.8, 4) is 0 Å². The molecular weight excluding hydrogens is 498 g/mol. The minimum absolute atomic E-state index is 0.446. The van der Waals surface area contributed by atoms with Gasteiger partial charge in [0.15, 0.2) is 10.1 Å². The maximum Gasteiger partial charge on any atom is 0.485 e. The third-order valence-corrected chi connectivity index (χ3v) is 9.44. The predicted octanol–water partition coefficient (Wildman–Crippen LogP) is 6.24. The van der Waals surface area contributed by atoms with E-state index in [2.05, 4.69) is 67.3 Å². The number of alkyl halides is 3. The Hall–Kier alpha value is 0.962. The van der Waals surface area contributed by atoms with Gasteiger partial charge in [-0.05, 0) is 37.0 Å². The van der Waals surface area contributed by atoms with Crippen LogP contribution in [0.1, 0.15) is 41.5 Å². The molecule has 0 saturated heterocycles. The summed E-state index contributed by atoms with van der Waals surface area (Å²) in [6.45, 7) is 17.2. The molecule has 0 aromatic heterocycles.